The Hall–Kier alpha value is -2.64. The van der Waals surface area contributed by atoms with Crippen molar-refractivity contribution in [2.24, 2.45) is 0 Å². The summed E-state index contributed by atoms with van der Waals surface area (Å²) in [6.07, 6.45) is 0. The first-order valence-electron chi connectivity index (χ1n) is 5.62. The summed E-state index contributed by atoms with van der Waals surface area (Å²) < 4.78 is 31.2. The molecular formula is C12H7F2N3O3. The number of carbonyl (C=O) groups is 2. The van der Waals surface area contributed by atoms with Crippen LogP contribution in [0.2, 0.25) is 0 Å². The number of ketones is 1. The van der Waals surface area contributed by atoms with Crippen LogP contribution in [0.1, 0.15) is 22.1 Å². The smallest absolute Gasteiger partial charge is 0.299 e. The van der Waals surface area contributed by atoms with E-state index in [0.29, 0.717) is 12.0 Å². The van der Waals surface area contributed by atoms with Gasteiger partial charge in [0.1, 0.15) is 0 Å². The van der Waals surface area contributed by atoms with Crippen molar-refractivity contribution in [3.05, 3.63) is 41.0 Å². The van der Waals surface area contributed by atoms with Gasteiger partial charge in [-0.05, 0) is 6.07 Å². The number of halogens is 2. The van der Waals surface area contributed by atoms with Crippen molar-refractivity contribution in [1.82, 2.24) is 10.1 Å². The quantitative estimate of drug-likeness (QED) is 0.776. The van der Waals surface area contributed by atoms with E-state index < -0.39 is 23.3 Å². The molecule has 0 bridgehead atoms. The third-order valence-corrected chi connectivity index (χ3v) is 2.88. The number of rotatable bonds is 2. The molecule has 1 aliphatic rings. The summed E-state index contributed by atoms with van der Waals surface area (Å²) in [5, 5.41) is 3.59. The highest BCUT2D eigenvalue weighted by molar-refractivity contribution is 6.52. The molecule has 0 saturated carbocycles. The molecule has 0 atom stereocenters. The highest BCUT2D eigenvalue weighted by Crippen LogP contribution is 2.31. The average molecular weight is 279 g/mol. The first-order chi connectivity index (χ1) is 9.47. The predicted molar refractivity (Wildman–Crippen MR) is 60.9 cm³/mol. The average Bonchev–Trinajstić information content (AvgIpc) is 2.90. The normalized spacial score (nSPS) is 14.1. The zero-order valence-corrected chi connectivity index (χ0v) is 10.2. The fourth-order valence-electron chi connectivity index (χ4n) is 1.99. The van der Waals surface area contributed by atoms with E-state index in [1.807, 2.05) is 0 Å². The standard InChI is InChI=1S/C12H7F2N3O3/c1-5-15-10(16-20-5)4-17-9-3-8(14)7(13)2-6(9)11(18)12(17)19/h2-3H,4H2,1H3. The number of amides is 1. The van der Waals surface area contributed by atoms with Crippen LogP contribution in [0, 0.1) is 18.6 Å². The number of fused-ring (bicyclic) bond motifs is 1. The molecule has 0 N–H and O–H groups in total. The molecule has 1 amide bonds. The highest BCUT2D eigenvalue weighted by atomic mass is 19.2. The monoisotopic (exact) mass is 279 g/mol. The van der Waals surface area contributed by atoms with Gasteiger partial charge in [0, 0.05) is 13.0 Å². The molecule has 1 aromatic carbocycles. The van der Waals surface area contributed by atoms with Gasteiger partial charge in [0.2, 0.25) is 5.89 Å². The third kappa shape index (κ3) is 1.77. The second-order valence-corrected chi connectivity index (χ2v) is 4.23. The van der Waals surface area contributed by atoms with E-state index in [1.165, 1.54) is 0 Å². The summed E-state index contributed by atoms with van der Waals surface area (Å²) in [6.45, 7) is 1.41. The fraction of sp³-hybridized carbons (Fsp3) is 0.167. The zero-order chi connectivity index (χ0) is 14.4. The predicted octanol–water partition coefficient (Wildman–Crippen LogP) is 1.39. The highest BCUT2D eigenvalue weighted by Gasteiger charge is 2.37. The summed E-state index contributed by atoms with van der Waals surface area (Å²) in [7, 11) is 0. The van der Waals surface area contributed by atoms with E-state index in [2.05, 4.69) is 10.1 Å². The van der Waals surface area contributed by atoms with Crippen molar-refractivity contribution >= 4 is 17.4 Å². The van der Waals surface area contributed by atoms with Gasteiger partial charge in [0.05, 0.1) is 17.8 Å². The lowest BCUT2D eigenvalue weighted by atomic mass is 10.1. The maximum atomic E-state index is 13.3. The number of anilines is 1. The van der Waals surface area contributed by atoms with Gasteiger partial charge >= 0.3 is 0 Å². The minimum Gasteiger partial charge on any atom is -0.340 e. The van der Waals surface area contributed by atoms with Crippen molar-refractivity contribution in [3.63, 3.8) is 0 Å². The van der Waals surface area contributed by atoms with Crippen LogP contribution in [0.4, 0.5) is 14.5 Å². The van der Waals surface area contributed by atoms with Crippen molar-refractivity contribution in [1.29, 1.82) is 0 Å². The van der Waals surface area contributed by atoms with Crippen LogP contribution in [-0.4, -0.2) is 21.8 Å². The molecule has 0 spiro atoms. The van der Waals surface area contributed by atoms with Gasteiger partial charge in [-0.25, -0.2) is 8.78 Å². The maximum Gasteiger partial charge on any atom is 0.299 e. The molecule has 2 aromatic rings. The van der Waals surface area contributed by atoms with Gasteiger partial charge in [0.25, 0.3) is 11.7 Å². The molecule has 0 unspecified atom stereocenters. The molecule has 6 nitrogen and oxygen atoms in total. The van der Waals surface area contributed by atoms with E-state index in [9.17, 15) is 18.4 Å². The molecule has 0 radical (unpaired) electrons. The summed E-state index contributed by atoms with van der Waals surface area (Å²) in [4.78, 5) is 28.4. The van der Waals surface area contributed by atoms with Crippen molar-refractivity contribution in [2.75, 3.05) is 4.90 Å². The molecule has 8 heteroatoms. The molecule has 102 valence electrons. The lowest BCUT2D eigenvalue weighted by Crippen LogP contribution is -2.29. The fourth-order valence-corrected chi connectivity index (χ4v) is 1.99. The molecule has 1 aliphatic heterocycles. The Morgan fingerprint density at radius 2 is 1.95 bits per heavy atom. The number of Topliss-reactive ketones (excluding diaryl/α,β-unsaturated/α-hetero) is 1. The van der Waals surface area contributed by atoms with E-state index in [4.69, 9.17) is 4.52 Å². The van der Waals surface area contributed by atoms with Crippen LogP contribution >= 0.6 is 0 Å². The molecule has 20 heavy (non-hydrogen) atoms. The lowest BCUT2D eigenvalue weighted by molar-refractivity contribution is -0.114. The van der Waals surface area contributed by atoms with Crippen molar-refractivity contribution in [2.45, 2.75) is 13.5 Å². The van der Waals surface area contributed by atoms with Crippen molar-refractivity contribution < 1.29 is 22.9 Å². The SMILES string of the molecule is Cc1nc(CN2C(=O)C(=O)c3cc(F)c(F)cc32)no1. The number of aromatic nitrogens is 2. The van der Waals surface area contributed by atoms with E-state index in [0.717, 1.165) is 11.0 Å². The van der Waals surface area contributed by atoms with Crippen molar-refractivity contribution in [3.8, 4) is 0 Å². The van der Waals surface area contributed by atoms with Crippen LogP contribution in [0.3, 0.4) is 0 Å². The Bertz CT molecular complexity index is 742. The number of hydrogen-bond donors (Lipinski definition) is 0. The Balaban J connectivity index is 2.03. The molecule has 2 heterocycles. The Morgan fingerprint density at radius 1 is 1.25 bits per heavy atom. The third-order valence-electron chi connectivity index (χ3n) is 2.88. The largest absolute Gasteiger partial charge is 0.340 e. The van der Waals surface area contributed by atoms with Gasteiger partial charge in [0.15, 0.2) is 17.5 Å². The van der Waals surface area contributed by atoms with Crippen LogP contribution in [0.25, 0.3) is 0 Å². The van der Waals surface area contributed by atoms with Crippen LogP contribution < -0.4 is 4.90 Å². The van der Waals surface area contributed by atoms with Gasteiger partial charge in [-0.2, -0.15) is 4.98 Å². The summed E-state index contributed by atoms with van der Waals surface area (Å²) in [5.41, 5.74) is -0.171. The molecular weight excluding hydrogens is 272 g/mol. The van der Waals surface area contributed by atoms with Crippen LogP contribution in [0.5, 0.6) is 0 Å². The minimum atomic E-state index is -1.18. The van der Waals surface area contributed by atoms with Crippen LogP contribution in [0.15, 0.2) is 16.7 Å². The number of aryl methyl sites for hydroxylation is 1. The summed E-state index contributed by atoms with van der Waals surface area (Å²) >= 11 is 0. The van der Waals surface area contributed by atoms with Gasteiger partial charge in [-0.1, -0.05) is 5.16 Å². The van der Waals surface area contributed by atoms with E-state index in [-0.39, 0.29) is 23.6 Å². The second-order valence-electron chi connectivity index (χ2n) is 4.23. The lowest BCUT2D eigenvalue weighted by Gasteiger charge is -2.13. The number of hydrogen-bond acceptors (Lipinski definition) is 5. The molecule has 1 aromatic heterocycles. The van der Waals surface area contributed by atoms with Gasteiger partial charge in [-0.3, -0.25) is 14.5 Å². The molecule has 0 fully saturated rings. The van der Waals surface area contributed by atoms with E-state index in [1.54, 1.807) is 6.92 Å². The minimum absolute atomic E-state index is 0.00125. The molecule has 0 saturated heterocycles. The van der Waals surface area contributed by atoms with E-state index >= 15 is 0 Å². The topological polar surface area (TPSA) is 76.3 Å². The summed E-state index contributed by atoms with van der Waals surface area (Å²) in [5.74, 6) is -3.63. The second kappa shape index (κ2) is 4.19. The Kier molecular flexibility index (Phi) is 2.60. The van der Waals surface area contributed by atoms with Gasteiger partial charge < -0.3 is 4.52 Å². The Labute approximate surface area is 111 Å². The summed E-state index contributed by atoms with van der Waals surface area (Å²) in [6, 6.07) is 1.52. The first-order valence-corrected chi connectivity index (χ1v) is 5.62. The zero-order valence-electron chi connectivity index (χ0n) is 10.2. The molecule has 3 rings (SSSR count). The maximum absolute atomic E-state index is 13.3. The van der Waals surface area contributed by atoms with Crippen LogP contribution in [-0.2, 0) is 11.3 Å². The number of nitrogens with zero attached hydrogens (tertiary/aromatic N) is 3. The van der Waals surface area contributed by atoms with Gasteiger partial charge in [-0.15, -0.1) is 0 Å². The number of carbonyl (C=O) groups excluding carboxylic acids is 2. The first kappa shape index (κ1) is 12.4. The molecule has 0 aliphatic carbocycles. The Morgan fingerprint density at radius 3 is 2.60 bits per heavy atom. The number of benzene rings is 1.